The topological polar surface area (TPSA) is 98.5 Å². The molecule has 0 radical (unpaired) electrons. The molecule has 1 amide bonds. The Morgan fingerprint density at radius 2 is 1.79 bits per heavy atom. The number of rotatable bonds is 8. The van der Waals surface area contributed by atoms with Crippen molar-refractivity contribution in [3.8, 4) is 6.07 Å². The lowest BCUT2D eigenvalue weighted by molar-refractivity contribution is -0.137. The number of nitrogens with zero attached hydrogens (tertiary/aromatic N) is 3. The summed E-state index contributed by atoms with van der Waals surface area (Å²) in [7, 11) is -3.72. The van der Waals surface area contributed by atoms with Crippen LogP contribution in [0.2, 0.25) is 0 Å². The van der Waals surface area contributed by atoms with Crippen LogP contribution in [-0.4, -0.2) is 48.9 Å². The van der Waals surface area contributed by atoms with Gasteiger partial charge in [0.2, 0.25) is 15.9 Å². The van der Waals surface area contributed by atoms with Crippen LogP contribution in [-0.2, 0) is 21.4 Å². The fourth-order valence-corrected chi connectivity index (χ4v) is 5.58. The van der Waals surface area contributed by atoms with Crippen LogP contribution in [0.4, 0.5) is 0 Å². The summed E-state index contributed by atoms with van der Waals surface area (Å²) in [6.45, 7) is 5.04. The maximum Gasteiger partial charge on any atom is 0.243 e. The molecule has 1 fully saturated rings. The molecule has 7 nitrogen and oxygen atoms in total. The molecule has 1 aliphatic heterocycles. The predicted octanol–water partition coefficient (Wildman–Crippen LogP) is 3.60. The first kappa shape index (κ1) is 24.6. The van der Waals surface area contributed by atoms with Crippen LogP contribution in [0.3, 0.4) is 0 Å². The Labute approximate surface area is 195 Å². The van der Waals surface area contributed by atoms with Crippen LogP contribution in [0, 0.1) is 17.2 Å². The number of hydrogen-bond donors (Lipinski definition) is 0. The van der Waals surface area contributed by atoms with Crippen LogP contribution < -0.4 is 0 Å². The average Bonchev–Trinajstić information content (AvgIpc) is 2.84. The summed E-state index contributed by atoms with van der Waals surface area (Å²) in [5.74, 6) is -0.378. The zero-order valence-electron chi connectivity index (χ0n) is 19.0. The van der Waals surface area contributed by atoms with Crippen molar-refractivity contribution in [1.29, 1.82) is 5.26 Å². The molecule has 1 heterocycles. The van der Waals surface area contributed by atoms with Gasteiger partial charge in [0.05, 0.1) is 16.5 Å². The number of carbonyl (C=O) groups is 2. The zero-order chi connectivity index (χ0) is 24.0. The van der Waals surface area contributed by atoms with Crippen molar-refractivity contribution < 1.29 is 18.0 Å². The molecule has 2 aromatic carbocycles. The van der Waals surface area contributed by atoms with E-state index in [-0.39, 0.29) is 35.6 Å². The van der Waals surface area contributed by atoms with Gasteiger partial charge in [0, 0.05) is 37.7 Å². The van der Waals surface area contributed by atoms with Gasteiger partial charge < -0.3 is 4.90 Å². The van der Waals surface area contributed by atoms with Gasteiger partial charge in [-0.05, 0) is 56.0 Å². The van der Waals surface area contributed by atoms with E-state index in [2.05, 4.69) is 6.07 Å². The van der Waals surface area contributed by atoms with Crippen LogP contribution in [0.25, 0.3) is 0 Å². The lowest BCUT2D eigenvalue weighted by Crippen LogP contribution is -2.44. The van der Waals surface area contributed by atoms with Gasteiger partial charge in [-0.1, -0.05) is 31.2 Å². The Balaban J connectivity index is 1.66. The van der Waals surface area contributed by atoms with Gasteiger partial charge in [0.15, 0.2) is 5.78 Å². The number of sulfonamides is 1. The lowest BCUT2D eigenvalue weighted by Gasteiger charge is -2.33. The Kier molecular flexibility index (Phi) is 8.01. The van der Waals surface area contributed by atoms with E-state index in [9.17, 15) is 18.0 Å². The number of hydrogen-bond acceptors (Lipinski definition) is 5. The molecule has 33 heavy (non-hydrogen) atoms. The van der Waals surface area contributed by atoms with Crippen molar-refractivity contribution in [3.63, 3.8) is 0 Å². The van der Waals surface area contributed by atoms with Gasteiger partial charge in [-0.2, -0.15) is 9.57 Å². The summed E-state index contributed by atoms with van der Waals surface area (Å²) in [5, 5.41) is 8.97. The van der Waals surface area contributed by atoms with E-state index in [0.29, 0.717) is 37.1 Å². The zero-order valence-corrected chi connectivity index (χ0v) is 19.8. The Hall–Kier alpha value is -3.02. The smallest absolute Gasteiger partial charge is 0.243 e. The van der Waals surface area contributed by atoms with E-state index in [0.717, 1.165) is 12.0 Å². The largest absolute Gasteiger partial charge is 0.338 e. The maximum atomic E-state index is 13.2. The second-order valence-corrected chi connectivity index (χ2v) is 10.3. The van der Waals surface area contributed by atoms with Crippen molar-refractivity contribution >= 4 is 21.7 Å². The normalized spacial score (nSPS) is 15.1. The third-order valence-electron chi connectivity index (χ3n) is 5.94. The number of amides is 1. The second kappa shape index (κ2) is 10.7. The predicted molar refractivity (Wildman–Crippen MR) is 125 cm³/mol. The van der Waals surface area contributed by atoms with Crippen LogP contribution in [0.15, 0.2) is 53.4 Å². The molecule has 0 aromatic heterocycles. The minimum absolute atomic E-state index is 0.0387. The van der Waals surface area contributed by atoms with E-state index in [1.807, 2.05) is 24.0 Å². The first-order chi connectivity index (χ1) is 15.8. The molecule has 1 saturated heterocycles. The van der Waals surface area contributed by atoms with Crippen LogP contribution in [0.1, 0.15) is 54.6 Å². The number of nitriles is 1. The molecule has 8 heteroatoms. The van der Waals surface area contributed by atoms with Crippen LogP contribution >= 0.6 is 0 Å². The number of ketones is 1. The summed E-state index contributed by atoms with van der Waals surface area (Å²) in [6.07, 6.45) is 1.73. The first-order valence-corrected chi connectivity index (χ1v) is 12.6. The van der Waals surface area contributed by atoms with Gasteiger partial charge in [-0.15, -0.1) is 0 Å². The summed E-state index contributed by atoms with van der Waals surface area (Å²) >= 11 is 0. The van der Waals surface area contributed by atoms with E-state index in [1.165, 1.54) is 23.4 Å². The van der Waals surface area contributed by atoms with Crippen molar-refractivity contribution in [2.45, 2.75) is 44.6 Å². The molecular weight excluding hydrogens is 438 g/mol. The van der Waals surface area contributed by atoms with E-state index < -0.39 is 10.0 Å². The molecule has 2 aromatic rings. The highest BCUT2D eigenvalue weighted by molar-refractivity contribution is 7.89. The van der Waals surface area contributed by atoms with Crippen molar-refractivity contribution in [3.05, 3.63) is 65.2 Å². The number of piperidine rings is 1. The number of carbonyl (C=O) groups excluding carboxylic acids is 2. The Morgan fingerprint density at radius 3 is 2.36 bits per heavy atom. The third-order valence-corrected chi connectivity index (χ3v) is 7.84. The fourth-order valence-electron chi connectivity index (χ4n) is 4.07. The molecule has 0 unspecified atom stereocenters. The Morgan fingerprint density at radius 1 is 1.12 bits per heavy atom. The highest BCUT2D eigenvalue weighted by atomic mass is 32.2. The molecule has 0 aliphatic carbocycles. The number of benzene rings is 2. The quantitative estimate of drug-likeness (QED) is 0.553. The maximum absolute atomic E-state index is 13.2. The standard InChI is InChI=1S/C25H29N3O4S/c1-3-13-27(18-21-9-7-20(17-26)8-10-21)25(30)22-11-14-28(15-12-22)33(31,32)24-6-4-5-23(16-24)19(2)29/h4-10,16,22H,3,11-15,18H2,1-2H3. The van der Waals surface area contributed by atoms with Crippen molar-refractivity contribution in [1.82, 2.24) is 9.21 Å². The van der Waals surface area contributed by atoms with Gasteiger partial charge >= 0.3 is 0 Å². The highest BCUT2D eigenvalue weighted by Gasteiger charge is 2.34. The summed E-state index contributed by atoms with van der Waals surface area (Å²) in [4.78, 5) is 26.8. The summed E-state index contributed by atoms with van der Waals surface area (Å²) in [5.41, 5.74) is 1.90. The van der Waals surface area contributed by atoms with E-state index in [4.69, 9.17) is 5.26 Å². The Bertz CT molecular complexity index is 1140. The van der Waals surface area contributed by atoms with Crippen molar-refractivity contribution in [2.24, 2.45) is 5.92 Å². The molecule has 0 bridgehead atoms. The average molecular weight is 468 g/mol. The molecule has 0 saturated carbocycles. The first-order valence-electron chi connectivity index (χ1n) is 11.1. The number of Topliss-reactive ketones (excluding diaryl/α,β-unsaturated/α-hetero) is 1. The molecule has 0 N–H and O–H groups in total. The fraction of sp³-hybridized carbons (Fsp3) is 0.400. The molecule has 174 valence electrons. The summed E-state index contributed by atoms with van der Waals surface area (Å²) < 4.78 is 27.5. The van der Waals surface area contributed by atoms with Crippen molar-refractivity contribution in [2.75, 3.05) is 19.6 Å². The van der Waals surface area contributed by atoms with E-state index in [1.54, 1.807) is 24.3 Å². The minimum Gasteiger partial charge on any atom is -0.338 e. The third kappa shape index (κ3) is 5.86. The van der Waals surface area contributed by atoms with Gasteiger partial charge in [-0.25, -0.2) is 8.42 Å². The van der Waals surface area contributed by atoms with Crippen LogP contribution in [0.5, 0.6) is 0 Å². The summed E-state index contributed by atoms with van der Waals surface area (Å²) in [6, 6.07) is 15.4. The van der Waals surface area contributed by atoms with Gasteiger partial charge in [-0.3, -0.25) is 9.59 Å². The molecular formula is C25H29N3O4S. The molecule has 1 aliphatic rings. The van der Waals surface area contributed by atoms with Gasteiger partial charge in [0.1, 0.15) is 0 Å². The molecule has 0 spiro atoms. The van der Waals surface area contributed by atoms with E-state index >= 15 is 0 Å². The van der Waals surface area contributed by atoms with Gasteiger partial charge in [0.25, 0.3) is 0 Å². The lowest BCUT2D eigenvalue weighted by atomic mass is 9.96. The minimum atomic E-state index is -3.72. The SMILES string of the molecule is CCCN(Cc1ccc(C#N)cc1)C(=O)C1CCN(S(=O)(=O)c2cccc(C(C)=O)c2)CC1. The monoisotopic (exact) mass is 467 g/mol. The highest BCUT2D eigenvalue weighted by Crippen LogP contribution is 2.26. The second-order valence-electron chi connectivity index (χ2n) is 8.33. The molecule has 3 rings (SSSR count). The molecule has 0 atom stereocenters.